The molecule has 6 nitrogen and oxygen atoms in total. The van der Waals surface area contributed by atoms with Crippen LogP contribution in [0.2, 0.25) is 5.02 Å². The number of guanidine groups is 2. The molecule has 1 heterocycles. The fourth-order valence-electron chi connectivity index (χ4n) is 3.01. The van der Waals surface area contributed by atoms with Gasteiger partial charge in [0.2, 0.25) is 11.9 Å². The highest BCUT2D eigenvalue weighted by atomic mass is 79.9. The van der Waals surface area contributed by atoms with E-state index in [4.69, 9.17) is 27.9 Å². The lowest BCUT2D eigenvalue weighted by atomic mass is 10.0. The molecule has 1 aliphatic heterocycles. The van der Waals surface area contributed by atoms with Crippen molar-refractivity contribution >= 4 is 40.5 Å². The van der Waals surface area contributed by atoms with Gasteiger partial charge in [-0.3, -0.25) is 4.84 Å². The molecule has 0 bridgehead atoms. The molecule has 0 aliphatic carbocycles. The molecule has 0 saturated carbocycles. The summed E-state index contributed by atoms with van der Waals surface area (Å²) in [6, 6.07) is 16.3. The van der Waals surface area contributed by atoms with Crippen molar-refractivity contribution in [2.24, 2.45) is 21.5 Å². The predicted octanol–water partition coefficient (Wildman–Crippen LogP) is 4.13. The molecule has 2 aromatic carbocycles. The van der Waals surface area contributed by atoms with E-state index in [1.807, 2.05) is 44.2 Å². The molecule has 4 N–H and O–H groups in total. The summed E-state index contributed by atoms with van der Waals surface area (Å²) in [6.07, 6.45) is 1.56. The van der Waals surface area contributed by atoms with Crippen molar-refractivity contribution in [3.63, 3.8) is 0 Å². The fourth-order valence-corrected chi connectivity index (χ4v) is 3.22. The normalized spacial score (nSPS) is 15.5. The summed E-state index contributed by atoms with van der Waals surface area (Å²) in [5.41, 5.74) is 14.3. The van der Waals surface area contributed by atoms with Crippen LogP contribution in [0.5, 0.6) is 0 Å². The molecule has 0 atom stereocenters. The van der Waals surface area contributed by atoms with Crippen LogP contribution in [-0.2, 0) is 11.3 Å². The van der Waals surface area contributed by atoms with Gasteiger partial charge in [0.1, 0.15) is 0 Å². The zero-order chi connectivity index (χ0) is 19.4. The van der Waals surface area contributed by atoms with E-state index in [-0.39, 0.29) is 28.9 Å². The van der Waals surface area contributed by atoms with Crippen LogP contribution < -0.4 is 11.5 Å². The first-order valence-corrected chi connectivity index (χ1v) is 9.21. The number of nitrogens with zero attached hydrogens (tertiary/aromatic N) is 3. The highest BCUT2D eigenvalue weighted by molar-refractivity contribution is 8.93. The van der Waals surface area contributed by atoms with Gasteiger partial charge in [-0.1, -0.05) is 48.0 Å². The van der Waals surface area contributed by atoms with Crippen molar-refractivity contribution in [1.82, 2.24) is 5.06 Å². The molecule has 28 heavy (non-hydrogen) atoms. The summed E-state index contributed by atoms with van der Waals surface area (Å²) in [5, 5.41) is 2.25. The number of hydrogen-bond donors (Lipinski definition) is 2. The minimum atomic E-state index is -0.694. The lowest BCUT2D eigenvalue weighted by Crippen LogP contribution is -2.53. The van der Waals surface area contributed by atoms with E-state index in [0.29, 0.717) is 6.61 Å². The second kappa shape index (κ2) is 9.41. The predicted molar refractivity (Wildman–Crippen MR) is 121 cm³/mol. The first kappa shape index (κ1) is 22.2. The van der Waals surface area contributed by atoms with Gasteiger partial charge in [-0.15, -0.1) is 17.0 Å². The minimum Gasteiger partial charge on any atom is -0.368 e. The third kappa shape index (κ3) is 5.25. The maximum absolute atomic E-state index is 6.37. The van der Waals surface area contributed by atoms with Gasteiger partial charge in [0.25, 0.3) is 0 Å². The van der Waals surface area contributed by atoms with Gasteiger partial charge in [0, 0.05) is 5.02 Å². The molecule has 8 heteroatoms. The number of aryl methyl sites for hydroxylation is 1. The molecule has 0 unspecified atom stereocenters. The smallest absolute Gasteiger partial charge is 0.226 e. The number of benzene rings is 2. The highest BCUT2D eigenvalue weighted by Crippen LogP contribution is 2.26. The Bertz CT molecular complexity index is 870. The monoisotopic (exact) mass is 465 g/mol. The minimum absolute atomic E-state index is 0. The molecular weight excluding hydrogens is 442 g/mol. The maximum Gasteiger partial charge on any atom is 0.226 e. The Morgan fingerprint density at radius 1 is 1.07 bits per heavy atom. The number of hydroxylamine groups is 2. The van der Waals surface area contributed by atoms with Crippen molar-refractivity contribution < 1.29 is 4.84 Å². The molecule has 0 amide bonds. The molecule has 1 aliphatic rings. The summed E-state index contributed by atoms with van der Waals surface area (Å²) in [6.45, 7) is 4.18. The van der Waals surface area contributed by atoms with Crippen LogP contribution in [0.1, 0.15) is 25.8 Å². The Hall–Kier alpha value is -2.09. The number of halogens is 2. The van der Waals surface area contributed by atoms with Crippen molar-refractivity contribution in [3.8, 4) is 11.1 Å². The molecule has 0 saturated heterocycles. The molecule has 2 aromatic rings. The lowest BCUT2D eigenvalue weighted by molar-refractivity contribution is -0.157. The Balaban J connectivity index is 0.00000280. The topological polar surface area (TPSA) is 89.2 Å². The van der Waals surface area contributed by atoms with Crippen molar-refractivity contribution in [2.45, 2.75) is 32.4 Å². The first-order chi connectivity index (χ1) is 12.9. The molecular formula is C20H25BrClN5O. The van der Waals surface area contributed by atoms with E-state index >= 15 is 0 Å². The Kier molecular flexibility index (Phi) is 7.46. The van der Waals surface area contributed by atoms with Crippen LogP contribution in [0.4, 0.5) is 0 Å². The van der Waals surface area contributed by atoms with E-state index in [1.165, 1.54) is 10.6 Å². The third-order valence-electron chi connectivity index (χ3n) is 4.29. The first-order valence-electron chi connectivity index (χ1n) is 8.83. The number of hydrogen-bond acceptors (Lipinski definition) is 6. The van der Waals surface area contributed by atoms with Crippen molar-refractivity contribution in [2.75, 3.05) is 6.61 Å². The standard InChI is InChI=1S/C20H24ClN5O.BrH/c1-20(2)25-18(22)24-19(23)26(20)27-12-6-9-16-13-15(10-11-17(16)21)14-7-4-3-5-8-14;/h3-5,7-8,10-11,13H,6,9,12H2,1-2H3,(H4,22,23,24,25);1H. The van der Waals surface area contributed by atoms with E-state index in [9.17, 15) is 0 Å². The van der Waals surface area contributed by atoms with Gasteiger partial charge in [-0.05, 0) is 55.5 Å². The van der Waals surface area contributed by atoms with E-state index in [0.717, 1.165) is 29.0 Å². The van der Waals surface area contributed by atoms with Gasteiger partial charge < -0.3 is 11.5 Å². The Morgan fingerprint density at radius 2 is 1.79 bits per heavy atom. The Morgan fingerprint density at radius 3 is 2.46 bits per heavy atom. The van der Waals surface area contributed by atoms with Gasteiger partial charge >= 0.3 is 0 Å². The van der Waals surface area contributed by atoms with Gasteiger partial charge in [-0.25, -0.2) is 4.99 Å². The summed E-state index contributed by atoms with van der Waals surface area (Å²) in [4.78, 5) is 14.0. The van der Waals surface area contributed by atoms with E-state index in [2.05, 4.69) is 28.2 Å². The summed E-state index contributed by atoms with van der Waals surface area (Å²) >= 11 is 6.37. The van der Waals surface area contributed by atoms with E-state index in [1.54, 1.807) is 0 Å². The Labute approximate surface area is 181 Å². The summed E-state index contributed by atoms with van der Waals surface area (Å²) in [7, 11) is 0. The highest BCUT2D eigenvalue weighted by Gasteiger charge is 2.32. The molecule has 3 rings (SSSR count). The van der Waals surface area contributed by atoms with Crippen LogP contribution in [0.25, 0.3) is 11.1 Å². The van der Waals surface area contributed by atoms with Crippen LogP contribution >= 0.6 is 28.6 Å². The summed E-state index contributed by atoms with van der Waals surface area (Å²) < 4.78 is 0. The van der Waals surface area contributed by atoms with Crippen molar-refractivity contribution in [3.05, 3.63) is 59.1 Å². The molecule has 0 fully saturated rings. The second-order valence-corrected chi connectivity index (χ2v) is 7.25. The largest absolute Gasteiger partial charge is 0.368 e. The maximum atomic E-state index is 6.37. The number of aliphatic imine (C=N–C) groups is 2. The zero-order valence-electron chi connectivity index (χ0n) is 15.9. The second-order valence-electron chi connectivity index (χ2n) is 6.84. The number of rotatable bonds is 6. The molecule has 0 radical (unpaired) electrons. The van der Waals surface area contributed by atoms with E-state index < -0.39 is 5.66 Å². The van der Waals surface area contributed by atoms with Crippen LogP contribution in [0, 0.1) is 0 Å². The molecule has 0 spiro atoms. The molecule has 0 aromatic heterocycles. The van der Waals surface area contributed by atoms with Crippen molar-refractivity contribution in [1.29, 1.82) is 0 Å². The van der Waals surface area contributed by atoms with Gasteiger partial charge in [0.15, 0.2) is 5.66 Å². The quantitative estimate of drug-likeness (QED) is 0.626. The van der Waals surface area contributed by atoms with Crippen LogP contribution in [0.15, 0.2) is 58.5 Å². The third-order valence-corrected chi connectivity index (χ3v) is 4.65. The lowest BCUT2D eigenvalue weighted by Gasteiger charge is -2.36. The van der Waals surface area contributed by atoms with Gasteiger partial charge in [-0.2, -0.15) is 10.1 Å². The van der Waals surface area contributed by atoms with Gasteiger partial charge in [0.05, 0.1) is 6.61 Å². The average molecular weight is 467 g/mol. The van der Waals surface area contributed by atoms with Crippen LogP contribution in [-0.4, -0.2) is 29.3 Å². The summed E-state index contributed by atoms with van der Waals surface area (Å²) in [5.74, 6) is 0.360. The van der Waals surface area contributed by atoms with Crippen LogP contribution in [0.3, 0.4) is 0 Å². The molecule has 150 valence electrons. The zero-order valence-corrected chi connectivity index (χ0v) is 18.4. The average Bonchev–Trinajstić information content (AvgIpc) is 2.61. The SMILES string of the molecule is Br.CC1(C)N=C(N)N=C(N)N1OCCCc1cc(-c2ccccc2)ccc1Cl. The number of nitrogens with two attached hydrogens (primary N) is 2. The fraction of sp³-hybridized carbons (Fsp3) is 0.300.